The van der Waals surface area contributed by atoms with E-state index in [2.05, 4.69) is 10.6 Å². The number of piperazine rings is 1. The third-order valence-corrected chi connectivity index (χ3v) is 5.02. The van der Waals surface area contributed by atoms with Gasteiger partial charge in [0.2, 0.25) is 5.91 Å². The second-order valence-electron chi connectivity index (χ2n) is 8.57. The summed E-state index contributed by atoms with van der Waals surface area (Å²) in [5.41, 5.74) is 1.21. The fourth-order valence-electron chi connectivity index (χ4n) is 3.66. The minimum absolute atomic E-state index is 0.0264. The monoisotopic (exact) mass is 403 g/mol. The van der Waals surface area contributed by atoms with Crippen LogP contribution in [0, 0.1) is 5.41 Å². The molecule has 3 N–H and O–H groups in total. The fourth-order valence-corrected chi connectivity index (χ4v) is 3.66. The molecule has 2 heterocycles. The lowest BCUT2D eigenvalue weighted by Gasteiger charge is -2.39. The number of nitrogens with one attached hydrogen (secondary N) is 2. The predicted molar refractivity (Wildman–Crippen MR) is 110 cm³/mol. The Labute approximate surface area is 170 Å². The highest BCUT2D eigenvalue weighted by atomic mass is 16.4. The molecule has 1 atom stereocenters. The van der Waals surface area contributed by atoms with Crippen molar-refractivity contribution in [2.45, 2.75) is 33.4 Å². The average molecular weight is 403 g/mol. The lowest BCUT2D eigenvalue weighted by molar-refractivity contribution is -0.120. The van der Waals surface area contributed by atoms with Crippen molar-refractivity contribution in [1.29, 1.82) is 0 Å². The van der Waals surface area contributed by atoms with Crippen molar-refractivity contribution in [3.05, 3.63) is 24.3 Å². The highest BCUT2D eigenvalue weighted by Gasteiger charge is 2.34. The van der Waals surface area contributed by atoms with Gasteiger partial charge in [0.15, 0.2) is 0 Å². The minimum atomic E-state index is -1.06. The summed E-state index contributed by atoms with van der Waals surface area (Å²) in [6.07, 6.45) is -1.29. The van der Waals surface area contributed by atoms with Crippen LogP contribution in [-0.4, -0.2) is 66.9 Å². The van der Waals surface area contributed by atoms with Crippen molar-refractivity contribution in [2.75, 3.05) is 42.5 Å². The Hall–Kier alpha value is -2.81. The number of carbonyl (C=O) groups is 3. The molecule has 3 rings (SSSR count). The van der Waals surface area contributed by atoms with Crippen LogP contribution in [0.1, 0.15) is 27.2 Å². The van der Waals surface area contributed by atoms with Gasteiger partial charge in [-0.25, -0.2) is 9.59 Å². The molecule has 0 spiro atoms. The van der Waals surface area contributed by atoms with Gasteiger partial charge in [0.05, 0.1) is 11.4 Å². The number of para-hydroxylation sites is 2. The molecule has 1 aromatic carbocycles. The molecule has 9 heteroatoms. The number of hydrogen-bond acceptors (Lipinski definition) is 4. The van der Waals surface area contributed by atoms with E-state index in [1.54, 1.807) is 15.9 Å². The summed E-state index contributed by atoms with van der Waals surface area (Å²) in [4.78, 5) is 41.8. The molecule has 0 aromatic heterocycles. The van der Waals surface area contributed by atoms with Gasteiger partial charge in [0.1, 0.15) is 6.17 Å². The molecule has 4 amide bonds. The number of rotatable bonds is 2. The van der Waals surface area contributed by atoms with Crippen molar-refractivity contribution in [3.8, 4) is 0 Å². The van der Waals surface area contributed by atoms with Crippen LogP contribution in [-0.2, 0) is 4.79 Å². The lowest BCUT2D eigenvalue weighted by Crippen LogP contribution is -2.63. The summed E-state index contributed by atoms with van der Waals surface area (Å²) in [6.45, 7) is 8.01. The number of anilines is 2. The summed E-state index contributed by atoms with van der Waals surface area (Å²) in [7, 11) is 0. The van der Waals surface area contributed by atoms with E-state index >= 15 is 0 Å². The van der Waals surface area contributed by atoms with Gasteiger partial charge in [-0.3, -0.25) is 14.6 Å². The molecule has 29 heavy (non-hydrogen) atoms. The second kappa shape index (κ2) is 8.28. The third kappa shape index (κ3) is 4.79. The number of benzene rings is 1. The summed E-state index contributed by atoms with van der Waals surface area (Å²) >= 11 is 0. The Morgan fingerprint density at radius 2 is 1.72 bits per heavy atom. The number of urea groups is 1. The Balaban J connectivity index is 1.78. The highest BCUT2D eigenvalue weighted by Crippen LogP contribution is 2.34. The van der Waals surface area contributed by atoms with Gasteiger partial charge < -0.3 is 20.6 Å². The number of nitrogens with zero attached hydrogens (tertiary/aromatic N) is 3. The van der Waals surface area contributed by atoms with E-state index in [1.165, 1.54) is 4.90 Å². The van der Waals surface area contributed by atoms with Crippen LogP contribution in [0.2, 0.25) is 0 Å². The number of carbonyl (C=O) groups excluding carboxylic acids is 2. The van der Waals surface area contributed by atoms with E-state index in [0.717, 1.165) is 0 Å². The standard InChI is InChI=1S/C20H29N5O4/c1-20(2,3)12-17(26)23-10-11-24(15-7-5-4-6-14(15)23)18(27)22-16-13-21-8-9-25(16)19(28)29/h4-7,16,21H,8-13H2,1-3H3,(H,22,27)(H,28,29). The maximum atomic E-state index is 13.0. The van der Waals surface area contributed by atoms with Crippen LogP contribution >= 0.6 is 0 Å². The number of fused-ring (bicyclic) bond motifs is 1. The molecule has 0 bridgehead atoms. The van der Waals surface area contributed by atoms with Gasteiger partial charge in [-0.05, 0) is 17.5 Å². The van der Waals surface area contributed by atoms with Crippen LogP contribution in [0.4, 0.5) is 21.0 Å². The van der Waals surface area contributed by atoms with E-state index in [1.807, 2.05) is 39.0 Å². The summed E-state index contributed by atoms with van der Waals surface area (Å²) in [6, 6.07) is 6.93. The van der Waals surface area contributed by atoms with Crippen LogP contribution in [0.3, 0.4) is 0 Å². The van der Waals surface area contributed by atoms with Gasteiger partial charge in [-0.15, -0.1) is 0 Å². The van der Waals surface area contributed by atoms with Crippen LogP contribution in [0.5, 0.6) is 0 Å². The Morgan fingerprint density at radius 3 is 2.34 bits per heavy atom. The topological polar surface area (TPSA) is 105 Å². The van der Waals surface area contributed by atoms with Crippen molar-refractivity contribution in [2.24, 2.45) is 5.41 Å². The maximum Gasteiger partial charge on any atom is 0.409 e. The van der Waals surface area contributed by atoms with Gasteiger partial charge in [-0.1, -0.05) is 32.9 Å². The van der Waals surface area contributed by atoms with E-state index in [9.17, 15) is 19.5 Å². The number of hydrogen-bond donors (Lipinski definition) is 3. The van der Waals surface area contributed by atoms with E-state index < -0.39 is 12.3 Å². The third-order valence-electron chi connectivity index (χ3n) is 5.02. The molecule has 9 nitrogen and oxygen atoms in total. The van der Waals surface area contributed by atoms with E-state index in [4.69, 9.17) is 0 Å². The first kappa shape index (κ1) is 20.9. The zero-order valence-corrected chi connectivity index (χ0v) is 17.1. The predicted octanol–water partition coefficient (Wildman–Crippen LogP) is 1.89. The normalized spacial score (nSPS) is 19.6. The molecule has 1 fully saturated rings. The lowest BCUT2D eigenvalue weighted by atomic mass is 9.91. The SMILES string of the molecule is CC(C)(C)CC(=O)N1CCN(C(=O)NC2CNCCN2C(=O)O)c2ccccc21. The van der Waals surface area contributed by atoms with Crippen LogP contribution in [0.15, 0.2) is 24.3 Å². The van der Waals surface area contributed by atoms with Crippen molar-refractivity contribution < 1.29 is 19.5 Å². The van der Waals surface area contributed by atoms with Gasteiger partial charge >= 0.3 is 12.1 Å². The highest BCUT2D eigenvalue weighted by molar-refractivity contribution is 6.03. The molecule has 0 radical (unpaired) electrons. The van der Waals surface area contributed by atoms with Crippen LogP contribution in [0.25, 0.3) is 0 Å². The molecule has 1 unspecified atom stereocenters. The largest absolute Gasteiger partial charge is 0.465 e. The van der Waals surface area contributed by atoms with Gasteiger partial charge in [0, 0.05) is 39.1 Å². The first-order valence-corrected chi connectivity index (χ1v) is 9.85. The quantitative estimate of drug-likeness (QED) is 0.699. The molecule has 2 aliphatic rings. The van der Waals surface area contributed by atoms with Gasteiger partial charge in [0.25, 0.3) is 0 Å². The Morgan fingerprint density at radius 1 is 1.10 bits per heavy atom. The molecule has 0 aliphatic carbocycles. The Bertz CT molecular complexity index is 791. The molecular weight excluding hydrogens is 374 g/mol. The molecular formula is C20H29N5O4. The molecule has 158 valence electrons. The fraction of sp³-hybridized carbons (Fsp3) is 0.550. The summed E-state index contributed by atoms with van der Waals surface area (Å²) in [5.74, 6) is 0.0264. The van der Waals surface area contributed by atoms with Crippen LogP contribution < -0.4 is 20.4 Å². The Kier molecular flexibility index (Phi) is 5.97. The maximum absolute atomic E-state index is 13.0. The number of carboxylic acid groups (broad SMARTS) is 1. The zero-order chi connectivity index (χ0) is 21.2. The first-order valence-electron chi connectivity index (χ1n) is 9.85. The van der Waals surface area contributed by atoms with Crippen molar-refractivity contribution >= 4 is 29.4 Å². The molecule has 1 aromatic rings. The zero-order valence-electron chi connectivity index (χ0n) is 17.1. The van der Waals surface area contributed by atoms with Crippen molar-refractivity contribution in [1.82, 2.24) is 15.5 Å². The smallest absolute Gasteiger partial charge is 0.409 e. The summed E-state index contributed by atoms with van der Waals surface area (Å²) in [5, 5.41) is 15.3. The minimum Gasteiger partial charge on any atom is -0.465 e. The van der Waals surface area contributed by atoms with E-state index in [0.29, 0.717) is 50.5 Å². The molecule has 0 saturated carbocycles. The van der Waals surface area contributed by atoms with Crippen molar-refractivity contribution in [3.63, 3.8) is 0 Å². The average Bonchev–Trinajstić information content (AvgIpc) is 2.66. The molecule has 2 aliphatic heterocycles. The van der Waals surface area contributed by atoms with Gasteiger partial charge in [-0.2, -0.15) is 0 Å². The second-order valence-corrected chi connectivity index (χ2v) is 8.57. The summed E-state index contributed by atoms with van der Waals surface area (Å²) < 4.78 is 0. The first-order chi connectivity index (χ1) is 13.7. The number of amides is 4. The van der Waals surface area contributed by atoms with E-state index in [-0.39, 0.29) is 17.4 Å². The molecule has 1 saturated heterocycles.